The van der Waals surface area contributed by atoms with Crippen molar-refractivity contribution in [2.75, 3.05) is 31.1 Å². The first-order valence-electron chi connectivity index (χ1n) is 9.57. The van der Waals surface area contributed by atoms with Gasteiger partial charge in [-0.2, -0.15) is 0 Å². The number of ketones is 1. The average Bonchev–Trinajstić information content (AvgIpc) is 3.11. The predicted molar refractivity (Wildman–Crippen MR) is 108 cm³/mol. The van der Waals surface area contributed by atoms with Gasteiger partial charge in [0.25, 0.3) is 0 Å². The number of nitrogens with zero attached hydrogens (tertiary/aromatic N) is 3. The molecule has 28 heavy (non-hydrogen) atoms. The molecule has 2 aliphatic rings. The molecule has 3 aromatic rings. The maximum atomic E-state index is 14.8. The van der Waals surface area contributed by atoms with E-state index < -0.39 is 0 Å². The van der Waals surface area contributed by atoms with E-state index in [4.69, 9.17) is 0 Å². The van der Waals surface area contributed by atoms with Crippen LogP contribution in [0.15, 0.2) is 36.7 Å². The zero-order valence-corrected chi connectivity index (χ0v) is 15.7. The molecule has 0 atom stereocenters. The van der Waals surface area contributed by atoms with Crippen molar-refractivity contribution >= 4 is 28.8 Å². The van der Waals surface area contributed by atoms with Crippen molar-refractivity contribution in [2.45, 2.75) is 13.3 Å². The van der Waals surface area contributed by atoms with Crippen molar-refractivity contribution in [2.24, 2.45) is 0 Å². The molecule has 3 heterocycles. The number of aryl methyl sites for hydroxylation is 1. The molecule has 0 unspecified atom stereocenters. The fraction of sp³-hybridized carbons (Fsp3) is 0.273. The van der Waals surface area contributed by atoms with E-state index in [9.17, 15) is 9.18 Å². The number of pyridine rings is 1. The topological polar surface area (TPSA) is 49.6 Å². The van der Waals surface area contributed by atoms with Crippen LogP contribution < -0.4 is 10.2 Å². The van der Waals surface area contributed by atoms with Crippen LogP contribution in [0.1, 0.15) is 22.4 Å². The number of rotatable bonds is 2. The molecule has 1 fully saturated rings. The lowest BCUT2D eigenvalue weighted by Gasteiger charge is -2.30. The molecule has 2 aromatic heterocycles. The van der Waals surface area contributed by atoms with E-state index in [-0.39, 0.29) is 18.0 Å². The fourth-order valence-corrected chi connectivity index (χ4v) is 4.01. The van der Waals surface area contributed by atoms with Gasteiger partial charge in [0.05, 0.1) is 11.4 Å². The van der Waals surface area contributed by atoms with Gasteiger partial charge in [0.15, 0.2) is 5.78 Å². The second-order valence-corrected chi connectivity index (χ2v) is 7.50. The third-order valence-corrected chi connectivity index (χ3v) is 5.49. The SMILES string of the molecule is Cc1ccc2nc(C3=Cc4cc(F)c(N5CCNCC5)cc4CC3=O)cn2c1. The van der Waals surface area contributed by atoms with Crippen molar-refractivity contribution in [1.82, 2.24) is 14.7 Å². The van der Waals surface area contributed by atoms with Crippen LogP contribution in [0.3, 0.4) is 0 Å². The molecule has 0 amide bonds. The van der Waals surface area contributed by atoms with Crippen LogP contribution in [0.4, 0.5) is 10.1 Å². The number of benzene rings is 1. The van der Waals surface area contributed by atoms with E-state index in [1.54, 1.807) is 12.1 Å². The summed E-state index contributed by atoms with van der Waals surface area (Å²) in [5.41, 5.74) is 5.32. The molecule has 1 N–H and O–H groups in total. The smallest absolute Gasteiger partial charge is 0.169 e. The first-order valence-corrected chi connectivity index (χ1v) is 9.57. The quantitative estimate of drug-likeness (QED) is 0.747. The van der Waals surface area contributed by atoms with Gasteiger partial charge in [-0.1, -0.05) is 6.07 Å². The van der Waals surface area contributed by atoms with Gasteiger partial charge in [-0.3, -0.25) is 4.79 Å². The number of aromatic nitrogens is 2. The number of hydrogen-bond acceptors (Lipinski definition) is 4. The van der Waals surface area contributed by atoms with Gasteiger partial charge < -0.3 is 14.6 Å². The lowest BCUT2D eigenvalue weighted by Crippen LogP contribution is -2.44. The van der Waals surface area contributed by atoms with Crippen LogP contribution in [0.2, 0.25) is 0 Å². The molecule has 1 aromatic carbocycles. The Hall–Kier alpha value is -2.99. The highest BCUT2D eigenvalue weighted by molar-refractivity contribution is 6.27. The average molecular weight is 376 g/mol. The highest BCUT2D eigenvalue weighted by atomic mass is 19.1. The Kier molecular flexibility index (Phi) is 4.02. The van der Waals surface area contributed by atoms with E-state index in [0.29, 0.717) is 17.0 Å². The lowest BCUT2D eigenvalue weighted by molar-refractivity contribution is -0.113. The summed E-state index contributed by atoms with van der Waals surface area (Å²) in [5, 5.41) is 3.28. The Labute approximate surface area is 162 Å². The summed E-state index contributed by atoms with van der Waals surface area (Å²) in [7, 11) is 0. The molecule has 1 saturated heterocycles. The molecule has 0 spiro atoms. The minimum atomic E-state index is -0.240. The summed E-state index contributed by atoms with van der Waals surface area (Å²) in [6.07, 6.45) is 5.89. The molecular formula is C22H21FN4O. The standard InChI is InChI=1S/C22H21FN4O/c1-14-2-3-22-25-19(13-27(22)12-14)17-8-15-9-18(23)20(10-16(15)11-21(17)28)26-6-4-24-5-7-26/h2-3,8-10,12-13,24H,4-7,11H2,1H3. The summed E-state index contributed by atoms with van der Waals surface area (Å²) >= 11 is 0. The summed E-state index contributed by atoms with van der Waals surface area (Å²) in [6, 6.07) is 7.32. The number of hydrogen-bond donors (Lipinski definition) is 1. The summed E-state index contributed by atoms with van der Waals surface area (Å²) in [6.45, 7) is 5.23. The first kappa shape index (κ1) is 17.1. The van der Waals surface area contributed by atoms with Crippen molar-refractivity contribution in [3.8, 4) is 0 Å². The number of anilines is 1. The Morgan fingerprint density at radius 3 is 2.79 bits per heavy atom. The number of halogens is 1. The number of carbonyl (C=O) groups is 1. The van der Waals surface area contributed by atoms with Crippen molar-refractivity contribution < 1.29 is 9.18 Å². The molecule has 0 saturated carbocycles. The zero-order chi connectivity index (χ0) is 19.3. The van der Waals surface area contributed by atoms with Gasteiger partial charge in [-0.05, 0) is 47.9 Å². The van der Waals surface area contributed by atoms with E-state index >= 15 is 0 Å². The third-order valence-electron chi connectivity index (χ3n) is 5.49. The monoisotopic (exact) mass is 376 g/mol. The number of allylic oxidation sites excluding steroid dienone is 1. The molecule has 142 valence electrons. The van der Waals surface area contributed by atoms with Gasteiger partial charge in [0.1, 0.15) is 11.5 Å². The van der Waals surface area contributed by atoms with Gasteiger partial charge >= 0.3 is 0 Å². The molecule has 0 bridgehead atoms. The summed E-state index contributed by atoms with van der Waals surface area (Å²) in [5.74, 6) is -0.221. The zero-order valence-electron chi connectivity index (χ0n) is 15.7. The van der Waals surface area contributed by atoms with Crippen LogP contribution in [0, 0.1) is 12.7 Å². The normalized spacial score (nSPS) is 17.0. The number of nitrogens with one attached hydrogen (secondary N) is 1. The van der Waals surface area contributed by atoms with Crippen LogP contribution in [-0.2, 0) is 11.2 Å². The van der Waals surface area contributed by atoms with Gasteiger partial charge in [-0.15, -0.1) is 0 Å². The lowest BCUT2D eigenvalue weighted by atomic mass is 9.89. The van der Waals surface area contributed by atoms with E-state index in [0.717, 1.165) is 48.5 Å². The summed E-state index contributed by atoms with van der Waals surface area (Å²) < 4.78 is 16.7. The van der Waals surface area contributed by atoms with Crippen LogP contribution in [-0.4, -0.2) is 41.3 Å². The Bertz CT molecular complexity index is 1130. The molecular weight excluding hydrogens is 355 g/mol. The summed E-state index contributed by atoms with van der Waals surface area (Å²) in [4.78, 5) is 19.5. The number of carbonyl (C=O) groups excluding carboxylic acids is 1. The van der Waals surface area contributed by atoms with Crippen LogP contribution in [0.25, 0.3) is 17.3 Å². The molecule has 0 radical (unpaired) electrons. The first-order chi connectivity index (χ1) is 13.6. The minimum absolute atomic E-state index is 0.0190. The largest absolute Gasteiger partial charge is 0.367 e. The maximum Gasteiger partial charge on any atom is 0.169 e. The number of Topliss-reactive ketones (excluding diaryl/α,β-unsaturated/α-hetero) is 1. The second-order valence-electron chi connectivity index (χ2n) is 7.50. The van der Waals surface area contributed by atoms with Gasteiger partial charge in [0, 0.05) is 50.6 Å². The van der Waals surface area contributed by atoms with Gasteiger partial charge in [-0.25, -0.2) is 9.37 Å². The second kappa shape index (κ2) is 6.56. The molecule has 1 aliphatic carbocycles. The molecule has 6 heteroatoms. The highest BCUT2D eigenvalue weighted by Crippen LogP contribution is 2.32. The minimum Gasteiger partial charge on any atom is -0.367 e. The van der Waals surface area contributed by atoms with Crippen molar-refractivity contribution in [3.63, 3.8) is 0 Å². The Balaban J connectivity index is 1.55. The molecule has 5 nitrogen and oxygen atoms in total. The van der Waals surface area contributed by atoms with E-state index in [2.05, 4.69) is 10.3 Å². The Morgan fingerprint density at radius 2 is 1.96 bits per heavy atom. The number of imidazole rings is 1. The predicted octanol–water partition coefficient (Wildman–Crippen LogP) is 2.86. The van der Waals surface area contributed by atoms with E-state index in [1.807, 2.05) is 46.8 Å². The van der Waals surface area contributed by atoms with Crippen LogP contribution >= 0.6 is 0 Å². The third kappa shape index (κ3) is 2.90. The molecule has 5 rings (SSSR count). The van der Waals surface area contributed by atoms with Crippen LogP contribution in [0.5, 0.6) is 0 Å². The van der Waals surface area contributed by atoms with E-state index in [1.165, 1.54) is 0 Å². The number of piperazine rings is 1. The maximum absolute atomic E-state index is 14.8. The fourth-order valence-electron chi connectivity index (χ4n) is 4.01. The number of fused-ring (bicyclic) bond motifs is 2. The molecule has 1 aliphatic heterocycles. The van der Waals surface area contributed by atoms with Crippen molar-refractivity contribution in [3.05, 3.63) is 64.9 Å². The van der Waals surface area contributed by atoms with Crippen molar-refractivity contribution in [1.29, 1.82) is 0 Å². The van der Waals surface area contributed by atoms with Gasteiger partial charge in [0.2, 0.25) is 0 Å². The highest BCUT2D eigenvalue weighted by Gasteiger charge is 2.25. The Morgan fingerprint density at radius 1 is 1.14 bits per heavy atom.